The lowest BCUT2D eigenvalue weighted by atomic mass is 9.70. The van der Waals surface area contributed by atoms with Gasteiger partial charge in [0.05, 0.1) is 5.41 Å². The predicted molar refractivity (Wildman–Crippen MR) is 167 cm³/mol. The van der Waals surface area contributed by atoms with Crippen LogP contribution in [0.2, 0.25) is 0 Å². The quantitative estimate of drug-likeness (QED) is 0.208. The summed E-state index contributed by atoms with van der Waals surface area (Å²) in [7, 11) is 0. The minimum atomic E-state index is -0.329. The van der Waals surface area contributed by atoms with Gasteiger partial charge in [-0.15, -0.1) is 0 Å². The monoisotopic (exact) mass is 524 g/mol. The van der Waals surface area contributed by atoms with Crippen molar-refractivity contribution in [1.29, 1.82) is 0 Å². The first kappa shape index (κ1) is 22.9. The summed E-state index contributed by atoms with van der Waals surface area (Å²) in [6, 6.07) is 49.2. The molecule has 2 aliphatic carbocycles. The Morgan fingerprint density at radius 1 is 0.390 bits per heavy atom. The van der Waals surface area contributed by atoms with E-state index in [1.54, 1.807) is 0 Å². The van der Waals surface area contributed by atoms with Gasteiger partial charge >= 0.3 is 0 Å². The molecule has 3 aliphatic rings. The van der Waals surface area contributed by atoms with Crippen molar-refractivity contribution in [3.05, 3.63) is 167 Å². The Kier molecular flexibility index (Phi) is 4.39. The highest BCUT2D eigenvalue weighted by molar-refractivity contribution is 5.95. The largest absolute Gasteiger partial charge is 0.457 e. The van der Waals surface area contributed by atoms with Crippen LogP contribution in [0.15, 0.2) is 133 Å². The van der Waals surface area contributed by atoms with Gasteiger partial charge in [0.1, 0.15) is 11.5 Å². The Balaban J connectivity index is 1.29. The van der Waals surface area contributed by atoms with Crippen LogP contribution in [0.4, 0.5) is 0 Å². The Morgan fingerprint density at radius 3 is 1.44 bits per heavy atom. The molecule has 1 spiro atoms. The molecule has 1 nitrogen and oxygen atoms in total. The summed E-state index contributed by atoms with van der Waals surface area (Å²) in [5, 5.41) is 0. The Morgan fingerprint density at radius 2 is 0.829 bits per heavy atom. The lowest BCUT2D eigenvalue weighted by Crippen LogP contribution is -2.25. The summed E-state index contributed by atoms with van der Waals surface area (Å²) in [4.78, 5) is 0. The maximum Gasteiger partial charge on any atom is 0.131 e. The lowest BCUT2D eigenvalue weighted by molar-refractivity contribution is 0.418. The van der Waals surface area contributed by atoms with E-state index in [-0.39, 0.29) is 10.8 Å². The normalized spacial score (nSPS) is 15.7. The van der Waals surface area contributed by atoms with Gasteiger partial charge in [0, 0.05) is 16.5 Å². The third-order valence-corrected chi connectivity index (χ3v) is 9.76. The number of hydrogen-bond donors (Lipinski definition) is 0. The number of para-hydroxylation sites is 1. The number of benzene rings is 6. The third kappa shape index (κ3) is 2.81. The first-order chi connectivity index (χ1) is 20.1. The summed E-state index contributed by atoms with van der Waals surface area (Å²) in [6.45, 7) is 4.61. The SMILES string of the molecule is CC1(C)c2ccccc2Oc2ccc(-c3ccc4c(c3)C3(c5ccccc5-c5ccccc53)c3ccccc3-4)cc21. The Hall–Kier alpha value is -4.88. The fourth-order valence-electron chi connectivity index (χ4n) is 7.90. The number of fused-ring (bicyclic) bond motifs is 12. The first-order valence-electron chi connectivity index (χ1n) is 14.4. The van der Waals surface area contributed by atoms with E-state index in [2.05, 4.69) is 141 Å². The van der Waals surface area contributed by atoms with Crippen LogP contribution in [0.3, 0.4) is 0 Å². The summed E-state index contributed by atoms with van der Waals surface area (Å²) in [5.74, 6) is 1.90. The van der Waals surface area contributed by atoms with Gasteiger partial charge in [0.15, 0.2) is 0 Å². The van der Waals surface area contributed by atoms with Crippen molar-refractivity contribution >= 4 is 0 Å². The Labute approximate surface area is 240 Å². The highest BCUT2D eigenvalue weighted by Crippen LogP contribution is 2.63. The van der Waals surface area contributed by atoms with Crippen LogP contribution in [0.25, 0.3) is 33.4 Å². The highest BCUT2D eigenvalue weighted by Gasteiger charge is 2.51. The molecular weight excluding hydrogens is 496 g/mol. The van der Waals surface area contributed by atoms with Gasteiger partial charge in [0.25, 0.3) is 0 Å². The molecular formula is C40H28O. The van der Waals surface area contributed by atoms with Gasteiger partial charge in [0.2, 0.25) is 0 Å². The molecule has 6 aromatic carbocycles. The van der Waals surface area contributed by atoms with Crippen molar-refractivity contribution in [2.45, 2.75) is 24.7 Å². The average molecular weight is 525 g/mol. The average Bonchev–Trinajstić information content (AvgIpc) is 3.48. The molecule has 0 bridgehead atoms. The summed E-state index contributed by atoms with van der Waals surface area (Å²) < 4.78 is 6.37. The molecule has 194 valence electrons. The minimum absolute atomic E-state index is 0.155. The lowest BCUT2D eigenvalue weighted by Gasteiger charge is -2.35. The molecule has 0 atom stereocenters. The molecule has 9 rings (SSSR count). The van der Waals surface area contributed by atoms with E-state index >= 15 is 0 Å². The molecule has 0 saturated heterocycles. The highest BCUT2D eigenvalue weighted by atomic mass is 16.5. The summed E-state index contributed by atoms with van der Waals surface area (Å²) in [5.41, 5.74) is 15.2. The van der Waals surface area contributed by atoms with Crippen molar-refractivity contribution in [2.24, 2.45) is 0 Å². The fraction of sp³-hybridized carbons (Fsp3) is 0.100. The predicted octanol–water partition coefficient (Wildman–Crippen LogP) is 10.1. The third-order valence-electron chi connectivity index (χ3n) is 9.76. The zero-order chi connectivity index (χ0) is 27.3. The maximum atomic E-state index is 6.37. The van der Waals surface area contributed by atoms with Gasteiger partial charge in [-0.2, -0.15) is 0 Å². The molecule has 41 heavy (non-hydrogen) atoms. The molecule has 0 unspecified atom stereocenters. The van der Waals surface area contributed by atoms with Crippen LogP contribution < -0.4 is 4.74 Å². The van der Waals surface area contributed by atoms with E-state index in [4.69, 9.17) is 4.74 Å². The van der Waals surface area contributed by atoms with E-state index < -0.39 is 0 Å². The van der Waals surface area contributed by atoms with Crippen LogP contribution in [0.1, 0.15) is 47.2 Å². The molecule has 0 saturated carbocycles. The smallest absolute Gasteiger partial charge is 0.131 e. The molecule has 1 heterocycles. The zero-order valence-corrected chi connectivity index (χ0v) is 23.1. The maximum absolute atomic E-state index is 6.37. The molecule has 0 N–H and O–H groups in total. The van der Waals surface area contributed by atoms with Crippen LogP contribution in [0.5, 0.6) is 11.5 Å². The second-order valence-electron chi connectivity index (χ2n) is 12.1. The Bertz CT molecular complexity index is 2000. The van der Waals surface area contributed by atoms with E-state index in [1.165, 1.54) is 66.8 Å². The van der Waals surface area contributed by atoms with E-state index in [0.717, 1.165) is 11.5 Å². The van der Waals surface area contributed by atoms with Crippen LogP contribution >= 0.6 is 0 Å². The number of ether oxygens (including phenoxy) is 1. The van der Waals surface area contributed by atoms with E-state index in [9.17, 15) is 0 Å². The van der Waals surface area contributed by atoms with Crippen molar-refractivity contribution in [1.82, 2.24) is 0 Å². The first-order valence-corrected chi connectivity index (χ1v) is 14.4. The van der Waals surface area contributed by atoms with Gasteiger partial charge in [-0.1, -0.05) is 123 Å². The van der Waals surface area contributed by atoms with Crippen molar-refractivity contribution in [3.63, 3.8) is 0 Å². The summed E-state index contributed by atoms with van der Waals surface area (Å²) >= 11 is 0. The van der Waals surface area contributed by atoms with Crippen LogP contribution in [-0.2, 0) is 10.8 Å². The van der Waals surface area contributed by atoms with Crippen LogP contribution in [-0.4, -0.2) is 0 Å². The molecule has 0 amide bonds. The van der Waals surface area contributed by atoms with E-state index in [1.807, 2.05) is 6.07 Å². The van der Waals surface area contributed by atoms with Gasteiger partial charge in [-0.25, -0.2) is 0 Å². The second kappa shape index (κ2) is 7.86. The minimum Gasteiger partial charge on any atom is -0.457 e. The molecule has 0 fully saturated rings. The van der Waals surface area contributed by atoms with Crippen LogP contribution in [0, 0.1) is 0 Å². The number of rotatable bonds is 1. The fourth-order valence-corrected chi connectivity index (χ4v) is 7.90. The zero-order valence-electron chi connectivity index (χ0n) is 23.1. The standard InChI is InChI=1S/C40H28O/c1-39(2)34-17-9-10-18-37(34)41-38-22-20-26(24-36(38)39)25-19-21-30-29-13-5-8-16-33(29)40(35(30)23-25)31-14-6-3-11-27(31)28-12-4-7-15-32(28)40/h3-24H,1-2H3. The molecule has 0 radical (unpaired) electrons. The topological polar surface area (TPSA) is 9.23 Å². The molecule has 1 aliphatic heterocycles. The number of hydrogen-bond acceptors (Lipinski definition) is 1. The van der Waals surface area contributed by atoms with E-state index in [0.29, 0.717) is 0 Å². The molecule has 0 aromatic heterocycles. The van der Waals surface area contributed by atoms with Crippen molar-refractivity contribution < 1.29 is 4.74 Å². The van der Waals surface area contributed by atoms with Crippen molar-refractivity contribution in [3.8, 4) is 44.9 Å². The molecule has 1 heteroatoms. The van der Waals surface area contributed by atoms with Crippen molar-refractivity contribution in [2.75, 3.05) is 0 Å². The molecule has 6 aromatic rings. The van der Waals surface area contributed by atoms with Gasteiger partial charge in [-0.3, -0.25) is 0 Å². The van der Waals surface area contributed by atoms with Gasteiger partial charge < -0.3 is 4.74 Å². The second-order valence-corrected chi connectivity index (χ2v) is 12.1. The van der Waals surface area contributed by atoms with Gasteiger partial charge in [-0.05, 0) is 79.9 Å². The summed E-state index contributed by atoms with van der Waals surface area (Å²) in [6.07, 6.45) is 0.